The number of carbonyl (C=O) groups excluding carboxylic acids is 1. The molecule has 25 heavy (non-hydrogen) atoms. The molecular weight excluding hydrogens is 314 g/mol. The van der Waals surface area contributed by atoms with E-state index in [-0.39, 0.29) is 5.91 Å². The van der Waals surface area contributed by atoms with Crippen LogP contribution in [-0.2, 0) is 0 Å². The predicted octanol–water partition coefficient (Wildman–Crippen LogP) is 4.51. The highest BCUT2D eigenvalue weighted by molar-refractivity contribution is 6.04. The molecule has 0 saturated heterocycles. The Hall–Kier alpha value is -3.08. The summed E-state index contributed by atoms with van der Waals surface area (Å²) < 4.78 is 5.62. The number of amides is 1. The maximum absolute atomic E-state index is 12.4. The maximum atomic E-state index is 12.4. The Kier molecular flexibility index (Phi) is 5.46. The van der Waals surface area contributed by atoms with Gasteiger partial charge in [-0.25, -0.2) is 0 Å². The Morgan fingerprint density at radius 2 is 2.00 bits per heavy atom. The molecule has 1 aromatic heterocycles. The number of benzene rings is 2. The first kappa shape index (κ1) is 16.8. The monoisotopic (exact) mass is 335 g/mol. The molecule has 0 aliphatic carbocycles. The summed E-state index contributed by atoms with van der Waals surface area (Å²) in [6.45, 7) is 2.82. The second kappa shape index (κ2) is 8.15. The molecule has 0 fully saturated rings. The van der Waals surface area contributed by atoms with Gasteiger partial charge < -0.3 is 10.1 Å². The zero-order valence-electron chi connectivity index (χ0n) is 14.2. The molecular formula is C20H21N3O2. The van der Waals surface area contributed by atoms with Crippen molar-refractivity contribution in [2.45, 2.75) is 19.8 Å². The summed E-state index contributed by atoms with van der Waals surface area (Å²) in [5.74, 6) is 0.633. The molecule has 0 aliphatic rings. The van der Waals surface area contributed by atoms with Crippen molar-refractivity contribution in [3.63, 3.8) is 0 Å². The number of ether oxygens (including phenoxy) is 1. The number of hydrogen-bond donors (Lipinski definition) is 2. The average Bonchev–Trinajstić information content (AvgIpc) is 3.17. The van der Waals surface area contributed by atoms with E-state index < -0.39 is 0 Å². The maximum Gasteiger partial charge on any atom is 0.255 e. The normalized spacial score (nSPS) is 10.4. The van der Waals surface area contributed by atoms with Gasteiger partial charge in [-0.3, -0.25) is 9.89 Å². The minimum absolute atomic E-state index is 0.151. The predicted molar refractivity (Wildman–Crippen MR) is 98.8 cm³/mol. The Morgan fingerprint density at radius 3 is 2.72 bits per heavy atom. The van der Waals surface area contributed by atoms with Crippen molar-refractivity contribution >= 4 is 11.6 Å². The van der Waals surface area contributed by atoms with Crippen LogP contribution in [0.1, 0.15) is 30.1 Å². The molecule has 1 amide bonds. The topological polar surface area (TPSA) is 67.0 Å². The van der Waals surface area contributed by atoms with Crippen molar-refractivity contribution < 1.29 is 9.53 Å². The van der Waals surface area contributed by atoms with Gasteiger partial charge in [0.2, 0.25) is 0 Å². The Morgan fingerprint density at radius 1 is 1.16 bits per heavy atom. The highest BCUT2D eigenvalue weighted by Crippen LogP contribution is 2.21. The van der Waals surface area contributed by atoms with Crippen molar-refractivity contribution in [2.24, 2.45) is 0 Å². The van der Waals surface area contributed by atoms with Gasteiger partial charge in [-0.1, -0.05) is 25.5 Å². The SMILES string of the molecule is CCCCOc1ccc(C(=O)Nc2cccc(-c3ccn[nH]3)c2)cc1. The molecule has 0 saturated carbocycles. The van der Waals surface area contributed by atoms with Crippen LogP contribution in [0.3, 0.4) is 0 Å². The fraction of sp³-hybridized carbons (Fsp3) is 0.200. The van der Waals surface area contributed by atoms with E-state index in [9.17, 15) is 4.79 Å². The molecule has 2 N–H and O–H groups in total. The molecule has 0 spiro atoms. The minimum atomic E-state index is -0.151. The summed E-state index contributed by atoms with van der Waals surface area (Å²) in [6.07, 6.45) is 3.82. The number of anilines is 1. The highest BCUT2D eigenvalue weighted by Gasteiger charge is 2.07. The van der Waals surface area contributed by atoms with Crippen LogP contribution in [0.2, 0.25) is 0 Å². The number of rotatable bonds is 7. The lowest BCUT2D eigenvalue weighted by molar-refractivity contribution is 0.102. The van der Waals surface area contributed by atoms with Gasteiger partial charge >= 0.3 is 0 Å². The first-order chi connectivity index (χ1) is 12.3. The van der Waals surface area contributed by atoms with Crippen LogP contribution in [0.5, 0.6) is 5.75 Å². The van der Waals surface area contributed by atoms with E-state index in [0.29, 0.717) is 12.2 Å². The summed E-state index contributed by atoms with van der Waals surface area (Å²) in [7, 11) is 0. The number of hydrogen-bond acceptors (Lipinski definition) is 3. The molecule has 1 heterocycles. The smallest absolute Gasteiger partial charge is 0.255 e. The third-order valence-corrected chi connectivity index (χ3v) is 3.82. The van der Waals surface area contributed by atoms with Gasteiger partial charge in [-0.2, -0.15) is 5.10 Å². The van der Waals surface area contributed by atoms with E-state index >= 15 is 0 Å². The van der Waals surface area contributed by atoms with Crippen LogP contribution in [0, 0.1) is 0 Å². The van der Waals surface area contributed by atoms with Gasteiger partial charge in [-0.15, -0.1) is 0 Å². The number of carbonyl (C=O) groups is 1. The van der Waals surface area contributed by atoms with Crippen molar-refractivity contribution in [1.29, 1.82) is 0 Å². The van der Waals surface area contributed by atoms with Gasteiger partial charge in [0.1, 0.15) is 5.75 Å². The first-order valence-electron chi connectivity index (χ1n) is 8.40. The van der Waals surface area contributed by atoms with Crippen LogP contribution in [0.25, 0.3) is 11.3 Å². The Labute approximate surface area is 147 Å². The van der Waals surface area contributed by atoms with E-state index in [2.05, 4.69) is 22.4 Å². The van der Waals surface area contributed by atoms with Gasteiger partial charge in [0.05, 0.1) is 12.3 Å². The lowest BCUT2D eigenvalue weighted by Crippen LogP contribution is -2.11. The minimum Gasteiger partial charge on any atom is -0.494 e. The van der Waals surface area contributed by atoms with Crippen molar-refractivity contribution in [1.82, 2.24) is 10.2 Å². The summed E-state index contributed by atoms with van der Waals surface area (Å²) in [5, 5.41) is 9.78. The number of nitrogens with one attached hydrogen (secondary N) is 2. The molecule has 0 atom stereocenters. The van der Waals surface area contributed by atoms with Crippen LogP contribution < -0.4 is 10.1 Å². The fourth-order valence-corrected chi connectivity index (χ4v) is 2.42. The van der Waals surface area contributed by atoms with E-state index in [1.54, 1.807) is 18.3 Å². The zero-order valence-corrected chi connectivity index (χ0v) is 14.2. The van der Waals surface area contributed by atoms with Crippen LogP contribution >= 0.6 is 0 Å². The molecule has 128 valence electrons. The second-order valence-electron chi connectivity index (χ2n) is 5.73. The first-order valence-corrected chi connectivity index (χ1v) is 8.40. The number of aromatic nitrogens is 2. The largest absolute Gasteiger partial charge is 0.494 e. The van der Waals surface area contributed by atoms with Crippen molar-refractivity contribution in [3.8, 4) is 17.0 Å². The molecule has 0 bridgehead atoms. The third kappa shape index (κ3) is 4.47. The number of H-pyrrole nitrogens is 1. The summed E-state index contributed by atoms with van der Waals surface area (Å²) in [6, 6.07) is 16.7. The molecule has 0 radical (unpaired) electrons. The summed E-state index contributed by atoms with van der Waals surface area (Å²) >= 11 is 0. The van der Waals surface area contributed by atoms with Gasteiger partial charge in [0.25, 0.3) is 5.91 Å². The fourth-order valence-electron chi connectivity index (χ4n) is 2.42. The average molecular weight is 335 g/mol. The number of unbranched alkanes of at least 4 members (excludes halogenated alkanes) is 1. The zero-order chi connectivity index (χ0) is 17.5. The molecule has 0 unspecified atom stereocenters. The lowest BCUT2D eigenvalue weighted by atomic mass is 10.1. The van der Waals surface area contributed by atoms with Gasteiger partial charge in [0.15, 0.2) is 0 Å². The standard InChI is InChI=1S/C20H21N3O2/c1-2-3-13-25-18-9-7-15(8-10-18)20(24)22-17-6-4-5-16(14-17)19-11-12-21-23-19/h4-12,14H,2-3,13H2,1H3,(H,21,23)(H,22,24). The van der Waals surface area contributed by atoms with E-state index in [4.69, 9.17) is 4.74 Å². The summed E-state index contributed by atoms with van der Waals surface area (Å²) in [5.41, 5.74) is 3.20. The summed E-state index contributed by atoms with van der Waals surface area (Å²) in [4.78, 5) is 12.4. The molecule has 5 heteroatoms. The van der Waals surface area contributed by atoms with Gasteiger partial charge in [0, 0.05) is 23.0 Å². The van der Waals surface area contributed by atoms with E-state index in [1.165, 1.54) is 0 Å². The molecule has 5 nitrogen and oxygen atoms in total. The molecule has 2 aromatic carbocycles. The number of nitrogens with zero attached hydrogens (tertiary/aromatic N) is 1. The molecule has 3 aromatic rings. The van der Waals surface area contributed by atoms with Gasteiger partial charge in [-0.05, 0) is 48.9 Å². The number of aromatic amines is 1. The van der Waals surface area contributed by atoms with Crippen LogP contribution in [0.4, 0.5) is 5.69 Å². The second-order valence-corrected chi connectivity index (χ2v) is 5.73. The Balaban J connectivity index is 1.65. The quantitative estimate of drug-likeness (QED) is 0.624. The van der Waals surface area contributed by atoms with E-state index in [1.807, 2.05) is 42.5 Å². The van der Waals surface area contributed by atoms with Crippen LogP contribution in [-0.4, -0.2) is 22.7 Å². The molecule has 3 rings (SSSR count). The highest BCUT2D eigenvalue weighted by atomic mass is 16.5. The molecule has 0 aliphatic heterocycles. The lowest BCUT2D eigenvalue weighted by Gasteiger charge is -2.08. The van der Waals surface area contributed by atoms with Crippen molar-refractivity contribution in [2.75, 3.05) is 11.9 Å². The van der Waals surface area contributed by atoms with Crippen LogP contribution in [0.15, 0.2) is 60.8 Å². The van der Waals surface area contributed by atoms with E-state index in [0.717, 1.165) is 35.5 Å². The van der Waals surface area contributed by atoms with Crippen molar-refractivity contribution in [3.05, 3.63) is 66.4 Å². The Bertz CT molecular complexity index is 811. The third-order valence-electron chi connectivity index (χ3n) is 3.82.